The van der Waals surface area contributed by atoms with Gasteiger partial charge in [0.05, 0.1) is 19.3 Å². The van der Waals surface area contributed by atoms with E-state index in [0.717, 1.165) is 5.56 Å². The highest BCUT2D eigenvalue weighted by atomic mass is 35.5. The molecule has 0 unspecified atom stereocenters. The van der Waals surface area contributed by atoms with E-state index in [2.05, 4.69) is 0 Å². The quantitative estimate of drug-likeness (QED) is 0.509. The Hall–Kier alpha value is -3.12. The summed E-state index contributed by atoms with van der Waals surface area (Å²) in [6, 6.07) is 10.7. The fourth-order valence-corrected chi connectivity index (χ4v) is 2.75. The van der Waals surface area contributed by atoms with Gasteiger partial charge in [-0.25, -0.2) is 4.79 Å². The topological polar surface area (TPSA) is 63.2 Å². The third-order valence-corrected chi connectivity index (χ3v) is 4.26. The highest BCUT2D eigenvalue weighted by Crippen LogP contribution is 2.35. The van der Waals surface area contributed by atoms with E-state index in [1.54, 1.807) is 44.6 Å². The maximum absolute atomic E-state index is 11.9. The van der Waals surface area contributed by atoms with Crippen LogP contribution < -0.4 is 18.9 Å². The normalized spacial score (nSPS) is 12.9. The molecule has 0 saturated carbocycles. The van der Waals surface area contributed by atoms with Crippen molar-refractivity contribution >= 4 is 28.7 Å². The van der Waals surface area contributed by atoms with Gasteiger partial charge in [0.2, 0.25) is 6.79 Å². The van der Waals surface area contributed by atoms with Crippen molar-refractivity contribution in [3.05, 3.63) is 59.7 Å². The van der Waals surface area contributed by atoms with Crippen LogP contribution in [0, 0.1) is 0 Å². The summed E-state index contributed by atoms with van der Waals surface area (Å²) in [7, 11) is 3.15. The fraction of sp³-hybridized carbons (Fsp3) is 0.190. The number of halogens is 1. The molecule has 0 spiro atoms. The van der Waals surface area contributed by atoms with Crippen LogP contribution >= 0.6 is 11.6 Å². The first-order chi connectivity index (χ1) is 13.6. The van der Waals surface area contributed by atoms with Crippen molar-refractivity contribution in [1.82, 2.24) is 0 Å². The summed E-state index contributed by atoms with van der Waals surface area (Å²) in [5.74, 6) is 1.97. The molecule has 2 aromatic carbocycles. The first-order valence-corrected chi connectivity index (χ1v) is 8.81. The van der Waals surface area contributed by atoms with Crippen LogP contribution in [0.1, 0.15) is 11.1 Å². The van der Waals surface area contributed by atoms with Crippen molar-refractivity contribution in [2.24, 2.45) is 0 Å². The highest BCUT2D eigenvalue weighted by Gasteiger charge is 2.14. The Morgan fingerprint density at radius 3 is 2.64 bits per heavy atom. The zero-order valence-corrected chi connectivity index (χ0v) is 16.2. The van der Waals surface area contributed by atoms with Gasteiger partial charge in [0.15, 0.2) is 23.0 Å². The maximum atomic E-state index is 11.9. The van der Waals surface area contributed by atoms with Gasteiger partial charge in [-0.2, -0.15) is 0 Å². The number of ether oxygens (including phenoxy) is 5. The highest BCUT2D eigenvalue weighted by molar-refractivity contribution is 6.50. The number of carbonyl (C=O) groups is 1. The minimum absolute atomic E-state index is 0.106. The summed E-state index contributed by atoms with van der Waals surface area (Å²) in [5, 5.41) is 0.257. The molecule has 0 radical (unpaired) electrons. The van der Waals surface area contributed by atoms with Gasteiger partial charge in [-0.1, -0.05) is 23.7 Å². The van der Waals surface area contributed by atoms with Crippen LogP contribution in [0.5, 0.6) is 23.0 Å². The Kier molecular flexibility index (Phi) is 6.45. The minimum atomic E-state index is -0.542. The number of benzene rings is 2. The second-order valence-electron chi connectivity index (χ2n) is 5.71. The van der Waals surface area contributed by atoms with Gasteiger partial charge in [0.25, 0.3) is 0 Å². The smallest absolute Gasteiger partial charge is 0.332 e. The van der Waals surface area contributed by atoms with E-state index in [0.29, 0.717) is 28.6 Å². The largest absolute Gasteiger partial charge is 0.493 e. The van der Waals surface area contributed by atoms with Crippen LogP contribution in [0.15, 0.2) is 48.6 Å². The van der Waals surface area contributed by atoms with E-state index in [1.165, 1.54) is 6.08 Å². The molecule has 3 rings (SSSR count). The first kappa shape index (κ1) is 19.6. The van der Waals surface area contributed by atoms with Crippen LogP contribution in [0.2, 0.25) is 0 Å². The van der Waals surface area contributed by atoms with Crippen molar-refractivity contribution in [3.63, 3.8) is 0 Å². The van der Waals surface area contributed by atoms with Gasteiger partial charge >= 0.3 is 5.97 Å². The standard InChI is InChI=1S/C21H19ClO6/c1-24-17-7-5-14(10-19(17)25-2)4-3-9-26-21(23)12-16(22)15-6-8-18-20(11-15)28-13-27-18/h3-8,10-12H,9,13H2,1-2H3/b4-3-,16-12?. The van der Waals surface area contributed by atoms with Crippen LogP contribution in [-0.2, 0) is 9.53 Å². The number of hydrogen-bond acceptors (Lipinski definition) is 6. The number of fused-ring (bicyclic) bond motifs is 1. The van der Waals surface area contributed by atoms with Crippen molar-refractivity contribution in [1.29, 1.82) is 0 Å². The number of hydrogen-bond donors (Lipinski definition) is 0. The number of methoxy groups -OCH3 is 2. The van der Waals surface area contributed by atoms with E-state index < -0.39 is 5.97 Å². The van der Waals surface area contributed by atoms with Gasteiger partial charge < -0.3 is 23.7 Å². The van der Waals surface area contributed by atoms with Gasteiger partial charge in [0, 0.05) is 6.08 Å². The molecule has 28 heavy (non-hydrogen) atoms. The average molecular weight is 403 g/mol. The molecule has 0 atom stereocenters. The number of esters is 1. The Bertz CT molecular complexity index is 919. The lowest BCUT2D eigenvalue weighted by Crippen LogP contribution is -2.00. The Balaban J connectivity index is 1.55. The lowest BCUT2D eigenvalue weighted by atomic mass is 10.2. The van der Waals surface area contributed by atoms with E-state index in [1.807, 2.05) is 18.2 Å². The molecule has 0 saturated heterocycles. The lowest BCUT2D eigenvalue weighted by molar-refractivity contribution is -0.136. The third-order valence-electron chi connectivity index (χ3n) is 3.93. The molecule has 1 aliphatic rings. The minimum Gasteiger partial charge on any atom is -0.493 e. The molecular weight excluding hydrogens is 384 g/mol. The van der Waals surface area contributed by atoms with Gasteiger partial charge in [-0.15, -0.1) is 0 Å². The molecule has 1 heterocycles. The Labute approximate surface area is 167 Å². The van der Waals surface area contributed by atoms with E-state index in [4.69, 9.17) is 35.3 Å². The van der Waals surface area contributed by atoms with E-state index in [-0.39, 0.29) is 18.4 Å². The fourth-order valence-electron chi connectivity index (χ4n) is 2.54. The summed E-state index contributed by atoms with van der Waals surface area (Å²) in [6.45, 7) is 0.281. The summed E-state index contributed by atoms with van der Waals surface area (Å²) < 4.78 is 26.1. The molecule has 1 aliphatic heterocycles. The molecule has 0 bridgehead atoms. The number of carbonyl (C=O) groups excluding carboxylic acids is 1. The van der Waals surface area contributed by atoms with Crippen LogP contribution in [0.25, 0.3) is 11.1 Å². The van der Waals surface area contributed by atoms with Crippen molar-refractivity contribution < 1.29 is 28.5 Å². The molecule has 6 nitrogen and oxygen atoms in total. The second kappa shape index (κ2) is 9.19. The van der Waals surface area contributed by atoms with Gasteiger partial charge in [-0.3, -0.25) is 0 Å². The zero-order chi connectivity index (χ0) is 19.9. The van der Waals surface area contributed by atoms with Gasteiger partial charge in [-0.05, 0) is 47.5 Å². The monoisotopic (exact) mass is 402 g/mol. The molecule has 0 fully saturated rings. The summed E-state index contributed by atoms with van der Waals surface area (Å²) in [5.41, 5.74) is 1.53. The van der Waals surface area contributed by atoms with E-state index >= 15 is 0 Å². The van der Waals surface area contributed by atoms with Crippen molar-refractivity contribution in [2.75, 3.05) is 27.6 Å². The van der Waals surface area contributed by atoms with E-state index in [9.17, 15) is 4.79 Å². The van der Waals surface area contributed by atoms with Crippen LogP contribution in [0.3, 0.4) is 0 Å². The van der Waals surface area contributed by atoms with Crippen molar-refractivity contribution in [2.45, 2.75) is 0 Å². The molecule has 0 N–H and O–H groups in total. The van der Waals surface area contributed by atoms with Crippen LogP contribution in [0.4, 0.5) is 0 Å². The Morgan fingerprint density at radius 2 is 1.86 bits per heavy atom. The molecule has 0 aliphatic carbocycles. The predicted molar refractivity (Wildman–Crippen MR) is 106 cm³/mol. The first-order valence-electron chi connectivity index (χ1n) is 8.43. The summed E-state index contributed by atoms with van der Waals surface area (Å²) in [4.78, 5) is 11.9. The molecule has 146 valence electrons. The zero-order valence-electron chi connectivity index (χ0n) is 15.4. The lowest BCUT2D eigenvalue weighted by Gasteiger charge is -2.07. The number of rotatable bonds is 7. The maximum Gasteiger partial charge on any atom is 0.332 e. The molecular formula is C21H19ClO6. The molecule has 0 amide bonds. The average Bonchev–Trinajstić information content (AvgIpc) is 3.18. The summed E-state index contributed by atoms with van der Waals surface area (Å²) >= 11 is 6.19. The molecule has 0 aromatic heterocycles. The Morgan fingerprint density at radius 1 is 1.07 bits per heavy atom. The molecule has 2 aromatic rings. The van der Waals surface area contributed by atoms with Crippen molar-refractivity contribution in [3.8, 4) is 23.0 Å². The second-order valence-corrected chi connectivity index (χ2v) is 6.11. The predicted octanol–water partition coefficient (Wildman–Crippen LogP) is 4.27. The third kappa shape index (κ3) is 4.78. The van der Waals surface area contributed by atoms with Crippen LogP contribution in [-0.4, -0.2) is 33.6 Å². The molecule has 7 heteroatoms. The SMILES string of the molecule is COc1ccc(/C=C\COC(=O)C=C(Cl)c2ccc3c(c2)OCO3)cc1OC. The van der Waals surface area contributed by atoms with Gasteiger partial charge in [0.1, 0.15) is 6.61 Å². The summed E-state index contributed by atoms with van der Waals surface area (Å²) in [6.07, 6.45) is 4.77.